The van der Waals surface area contributed by atoms with Gasteiger partial charge in [-0.3, -0.25) is 4.90 Å². The molecule has 2 atom stereocenters. The van der Waals surface area contributed by atoms with Crippen LogP contribution >= 0.6 is 15.9 Å². The van der Waals surface area contributed by atoms with E-state index in [1.54, 1.807) is 0 Å². The van der Waals surface area contributed by atoms with E-state index in [1.165, 1.54) is 10.0 Å². The summed E-state index contributed by atoms with van der Waals surface area (Å²) in [5.74, 6) is 0.674. The molecule has 1 N–H and O–H groups in total. The van der Waals surface area contributed by atoms with E-state index >= 15 is 0 Å². The first-order valence-corrected chi connectivity index (χ1v) is 8.79. The molecule has 0 amide bonds. The molecule has 1 saturated heterocycles. The Morgan fingerprint density at radius 2 is 1.95 bits per heavy atom. The van der Waals surface area contributed by atoms with Crippen molar-refractivity contribution in [2.24, 2.45) is 11.3 Å². The molecule has 0 saturated carbocycles. The van der Waals surface area contributed by atoms with Crippen LogP contribution in [0, 0.1) is 11.3 Å². The first-order valence-electron chi connectivity index (χ1n) is 8.00. The minimum Gasteiger partial charge on any atom is -0.311 e. The Morgan fingerprint density at radius 1 is 1.29 bits per heavy atom. The fourth-order valence-electron chi connectivity index (χ4n) is 3.16. The highest BCUT2D eigenvalue weighted by Gasteiger charge is 2.36. The van der Waals surface area contributed by atoms with E-state index in [1.807, 2.05) is 0 Å². The van der Waals surface area contributed by atoms with Crippen molar-refractivity contribution in [2.45, 2.75) is 53.2 Å². The van der Waals surface area contributed by atoms with Gasteiger partial charge in [0.2, 0.25) is 0 Å². The van der Waals surface area contributed by atoms with Gasteiger partial charge in [-0.05, 0) is 23.0 Å². The summed E-state index contributed by atoms with van der Waals surface area (Å²) in [5.41, 5.74) is 1.67. The van der Waals surface area contributed by atoms with Crippen LogP contribution in [0.4, 0.5) is 0 Å². The van der Waals surface area contributed by atoms with E-state index in [-0.39, 0.29) is 5.41 Å². The zero-order valence-corrected chi connectivity index (χ0v) is 15.6. The van der Waals surface area contributed by atoms with Crippen LogP contribution in [0.15, 0.2) is 28.7 Å². The second kappa shape index (κ2) is 6.80. The molecule has 0 spiro atoms. The van der Waals surface area contributed by atoms with Gasteiger partial charge in [0.05, 0.1) is 0 Å². The van der Waals surface area contributed by atoms with Crippen molar-refractivity contribution in [3.05, 3.63) is 34.3 Å². The molecule has 1 aliphatic heterocycles. The number of hydrogen-bond donors (Lipinski definition) is 1. The van der Waals surface area contributed by atoms with Gasteiger partial charge in [0, 0.05) is 36.2 Å². The molecular weight excluding hydrogens is 324 g/mol. The lowest BCUT2D eigenvalue weighted by atomic mass is 9.82. The molecule has 1 heterocycles. The van der Waals surface area contributed by atoms with Crippen molar-refractivity contribution >= 4 is 15.9 Å². The highest BCUT2D eigenvalue weighted by atomic mass is 79.9. The lowest BCUT2D eigenvalue weighted by Gasteiger charge is -2.47. The lowest BCUT2D eigenvalue weighted by molar-refractivity contribution is 0.0399. The van der Waals surface area contributed by atoms with Gasteiger partial charge >= 0.3 is 0 Å². The van der Waals surface area contributed by atoms with Crippen LogP contribution in [0.3, 0.4) is 0 Å². The second-order valence-electron chi connectivity index (χ2n) is 7.66. The maximum atomic E-state index is 3.75. The molecule has 1 aromatic rings. The zero-order chi connectivity index (χ0) is 15.6. The summed E-state index contributed by atoms with van der Waals surface area (Å²) in [6.45, 7) is 14.9. The van der Waals surface area contributed by atoms with Crippen LogP contribution in [0.1, 0.15) is 40.2 Å². The topological polar surface area (TPSA) is 15.3 Å². The number of benzene rings is 1. The van der Waals surface area contributed by atoms with E-state index in [4.69, 9.17) is 0 Å². The van der Waals surface area contributed by atoms with Crippen molar-refractivity contribution in [1.82, 2.24) is 10.2 Å². The van der Waals surface area contributed by atoms with Crippen LogP contribution in [0.5, 0.6) is 0 Å². The van der Waals surface area contributed by atoms with Gasteiger partial charge in [0.15, 0.2) is 0 Å². The molecule has 0 bridgehead atoms. The number of halogens is 1. The molecule has 21 heavy (non-hydrogen) atoms. The Hall–Kier alpha value is -0.380. The summed E-state index contributed by atoms with van der Waals surface area (Å²) in [4.78, 5) is 2.67. The van der Waals surface area contributed by atoms with Crippen LogP contribution in [-0.4, -0.2) is 30.1 Å². The number of nitrogens with zero attached hydrogens (tertiary/aromatic N) is 1. The summed E-state index contributed by atoms with van der Waals surface area (Å²) in [7, 11) is 0. The normalized spacial score (nSPS) is 24.5. The van der Waals surface area contributed by atoms with E-state index < -0.39 is 0 Å². The number of nitrogens with one attached hydrogen (secondary N) is 1. The minimum atomic E-state index is 0.288. The van der Waals surface area contributed by atoms with Crippen LogP contribution in [0.2, 0.25) is 0 Å². The van der Waals surface area contributed by atoms with E-state index in [0.29, 0.717) is 18.0 Å². The molecular formula is C18H29BrN2. The lowest BCUT2D eigenvalue weighted by Crippen LogP contribution is -2.61. The van der Waals surface area contributed by atoms with Gasteiger partial charge in [0.25, 0.3) is 0 Å². The van der Waals surface area contributed by atoms with Crippen LogP contribution in [-0.2, 0) is 6.54 Å². The highest BCUT2D eigenvalue weighted by Crippen LogP contribution is 2.30. The molecule has 0 aromatic heterocycles. The average Bonchev–Trinajstić information content (AvgIpc) is 2.40. The van der Waals surface area contributed by atoms with Crippen molar-refractivity contribution < 1.29 is 0 Å². The molecule has 1 aliphatic rings. The molecule has 118 valence electrons. The van der Waals surface area contributed by atoms with Gasteiger partial charge in [-0.25, -0.2) is 0 Å². The summed E-state index contributed by atoms with van der Waals surface area (Å²) in [5, 5.41) is 3.75. The number of rotatable bonds is 3. The fourth-order valence-corrected chi connectivity index (χ4v) is 3.57. The maximum absolute atomic E-state index is 3.75. The Morgan fingerprint density at radius 3 is 2.52 bits per heavy atom. The third kappa shape index (κ3) is 4.30. The van der Waals surface area contributed by atoms with Crippen molar-refractivity contribution in [1.29, 1.82) is 0 Å². The third-order valence-electron chi connectivity index (χ3n) is 4.58. The smallest absolute Gasteiger partial charge is 0.0273 e. The average molecular weight is 353 g/mol. The molecule has 0 radical (unpaired) electrons. The Labute approximate surface area is 138 Å². The Kier molecular flexibility index (Phi) is 5.50. The number of piperazine rings is 1. The van der Waals surface area contributed by atoms with Crippen LogP contribution < -0.4 is 5.32 Å². The highest BCUT2D eigenvalue weighted by molar-refractivity contribution is 9.10. The molecule has 2 unspecified atom stereocenters. The van der Waals surface area contributed by atoms with Crippen molar-refractivity contribution in [3.8, 4) is 0 Å². The predicted octanol–water partition coefficient (Wildman–Crippen LogP) is 4.29. The van der Waals surface area contributed by atoms with E-state index in [0.717, 1.165) is 19.6 Å². The largest absolute Gasteiger partial charge is 0.311 e. The van der Waals surface area contributed by atoms with Crippen molar-refractivity contribution in [3.63, 3.8) is 0 Å². The summed E-state index contributed by atoms with van der Waals surface area (Å²) < 4.78 is 1.22. The van der Waals surface area contributed by atoms with E-state index in [2.05, 4.69) is 85.0 Å². The molecule has 2 nitrogen and oxygen atoms in total. The standard InChI is InChI=1S/C18H29BrN2/c1-13(2)16-12-21(17(10-20-16)18(3,4)5)11-14-8-6-7-9-15(14)19/h6-9,13,16-17,20H,10-12H2,1-5H3. The monoisotopic (exact) mass is 352 g/mol. The second-order valence-corrected chi connectivity index (χ2v) is 8.52. The van der Waals surface area contributed by atoms with Gasteiger partial charge < -0.3 is 5.32 Å². The van der Waals surface area contributed by atoms with Gasteiger partial charge in [-0.1, -0.05) is 68.7 Å². The summed E-state index contributed by atoms with van der Waals surface area (Å²) >= 11 is 3.70. The quantitative estimate of drug-likeness (QED) is 0.872. The molecule has 2 rings (SSSR count). The summed E-state index contributed by atoms with van der Waals surface area (Å²) in [6.07, 6.45) is 0. The van der Waals surface area contributed by atoms with Gasteiger partial charge in [-0.15, -0.1) is 0 Å². The number of hydrogen-bond acceptors (Lipinski definition) is 2. The summed E-state index contributed by atoms with van der Waals surface area (Å²) in [6, 6.07) is 9.75. The first-order chi connectivity index (χ1) is 9.79. The predicted molar refractivity (Wildman–Crippen MR) is 94.4 cm³/mol. The zero-order valence-electron chi connectivity index (χ0n) is 14.0. The van der Waals surface area contributed by atoms with Gasteiger partial charge in [0.1, 0.15) is 0 Å². The van der Waals surface area contributed by atoms with Crippen molar-refractivity contribution in [2.75, 3.05) is 13.1 Å². The Balaban J connectivity index is 2.19. The van der Waals surface area contributed by atoms with Gasteiger partial charge in [-0.2, -0.15) is 0 Å². The molecule has 1 fully saturated rings. The molecule has 3 heteroatoms. The third-order valence-corrected chi connectivity index (χ3v) is 5.35. The minimum absolute atomic E-state index is 0.288. The molecule has 0 aliphatic carbocycles. The first kappa shape index (κ1) is 17.0. The Bertz CT molecular complexity index is 465. The SMILES string of the molecule is CC(C)C1CN(Cc2ccccc2Br)C(C(C)(C)C)CN1. The van der Waals surface area contributed by atoms with E-state index in [9.17, 15) is 0 Å². The molecule has 1 aromatic carbocycles. The van der Waals surface area contributed by atoms with Crippen LogP contribution in [0.25, 0.3) is 0 Å². The maximum Gasteiger partial charge on any atom is 0.0273 e. The fraction of sp³-hybridized carbons (Fsp3) is 0.667.